The monoisotopic (exact) mass is 441 g/mol. The van der Waals surface area contributed by atoms with Crippen LogP contribution in [0.1, 0.15) is 29.6 Å². The Hall–Kier alpha value is -2.28. The smallest absolute Gasteiger partial charge is 0.234 e. The third-order valence-corrected chi connectivity index (χ3v) is 7.11. The van der Waals surface area contributed by atoms with Crippen molar-refractivity contribution in [1.29, 1.82) is 5.26 Å². The number of thiophene rings is 1. The molecule has 6 nitrogen and oxygen atoms in total. The molecule has 1 amide bonds. The fraction of sp³-hybridized carbons (Fsp3) is 0.300. The maximum atomic E-state index is 12.5. The summed E-state index contributed by atoms with van der Waals surface area (Å²) < 4.78 is 2.20. The lowest BCUT2D eigenvalue weighted by molar-refractivity contribution is -0.113. The number of amides is 1. The molecule has 0 bridgehead atoms. The number of carbonyl (C=O) groups excluding carboxylic acids is 1. The molecule has 0 saturated heterocycles. The summed E-state index contributed by atoms with van der Waals surface area (Å²) in [5.74, 6) is 1.49. The highest BCUT2D eigenvalue weighted by Crippen LogP contribution is 2.39. The summed E-state index contributed by atoms with van der Waals surface area (Å²) in [4.78, 5) is 14.7. The van der Waals surface area contributed by atoms with Crippen molar-refractivity contribution in [2.75, 3.05) is 16.8 Å². The molecule has 1 aliphatic rings. The van der Waals surface area contributed by atoms with Crippen molar-refractivity contribution < 1.29 is 4.79 Å². The zero-order valence-corrected chi connectivity index (χ0v) is 18.0. The molecule has 9 heteroatoms. The number of hydrogen-bond donors (Lipinski definition) is 1. The first kappa shape index (κ1) is 20.0. The Balaban J connectivity index is 1.40. The van der Waals surface area contributed by atoms with Crippen molar-refractivity contribution in [3.63, 3.8) is 0 Å². The van der Waals surface area contributed by atoms with Crippen LogP contribution in [-0.2, 0) is 11.2 Å². The van der Waals surface area contributed by atoms with Gasteiger partial charge >= 0.3 is 0 Å². The molecule has 1 fully saturated rings. The Morgan fingerprint density at radius 1 is 1.24 bits per heavy atom. The van der Waals surface area contributed by atoms with E-state index in [2.05, 4.69) is 37.6 Å². The SMILES string of the molecule is N#CCSc1ccccc1NC(=O)CSc1nnc(Cc2cccs2)n1C1CC1. The first-order chi connectivity index (χ1) is 14.2. The normalized spacial score (nSPS) is 13.2. The van der Waals surface area contributed by atoms with Crippen molar-refractivity contribution >= 4 is 46.5 Å². The van der Waals surface area contributed by atoms with Gasteiger partial charge in [-0.3, -0.25) is 4.79 Å². The van der Waals surface area contributed by atoms with Crippen LogP contribution in [0.25, 0.3) is 0 Å². The van der Waals surface area contributed by atoms with E-state index in [0.29, 0.717) is 11.8 Å². The molecule has 3 aromatic rings. The van der Waals surface area contributed by atoms with Crippen LogP contribution >= 0.6 is 34.9 Å². The van der Waals surface area contributed by atoms with E-state index >= 15 is 0 Å². The Labute approximate surface area is 181 Å². The van der Waals surface area contributed by atoms with E-state index in [0.717, 1.165) is 40.8 Å². The van der Waals surface area contributed by atoms with Gasteiger partial charge in [-0.2, -0.15) is 5.26 Å². The molecule has 1 aliphatic carbocycles. The fourth-order valence-electron chi connectivity index (χ4n) is 2.92. The van der Waals surface area contributed by atoms with Gasteiger partial charge in [0.25, 0.3) is 0 Å². The molecule has 29 heavy (non-hydrogen) atoms. The van der Waals surface area contributed by atoms with E-state index in [4.69, 9.17) is 5.26 Å². The van der Waals surface area contributed by atoms with Crippen LogP contribution in [0, 0.1) is 11.3 Å². The van der Waals surface area contributed by atoms with Gasteiger partial charge in [-0.05, 0) is 36.4 Å². The molecule has 0 atom stereocenters. The minimum atomic E-state index is -0.0924. The number of carbonyl (C=O) groups is 1. The molecule has 1 aromatic carbocycles. The van der Waals surface area contributed by atoms with Crippen LogP contribution in [0.3, 0.4) is 0 Å². The number of nitriles is 1. The number of nitrogens with zero attached hydrogens (tertiary/aromatic N) is 4. The van der Waals surface area contributed by atoms with Crippen LogP contribution in [0.5, 0.6) is 0 Å². The largest absolute Gasteiger partial charge is 0.324 e. The van der Waals surface area contributed by atoms with Crippen molar-refractivity contribution in [3.05, 3.63) is 52.5 Å². The van der Waals surface area contributed by atoms with E-state index in [1.807, 2.05) is 30.3 Å². The zero-order valence-electron chi connectivity index (χ0n) is 15.6. The minimum absolute atomic E-state index is 0.0924. The maximum Gasteiger partial charge on any atom is 0.234 e. The summed E-state index contributed by atoms with van der Waals surface area (Å²) >= 11 is 4.56. The molecule has 0 aliphatic heterocycles. The van der Waals surface area contributed by atoms with Gasteiger partial charge in [0.15, 0.2) is 5.16 Å². The first-order valence-electron chi connectivity index (χ1n) is 9.22. The predicted octanol–water partition coefficient (Wildman–Crippen LogP) is 4.61. The lowest BCUT2D eigenvalue weighted by atomic mass is 10.3. The molecule has 4 rings (SSSR count). The second kappa shape index (κ2) is 9.48. The molecule has 2 aromatic heterocycles. The molecular weight excluding hydrogens is 422 g/mol. The number of aromatic nitrogens is 3. The minimum Gasteiger partial charge on any atom is -0.324 e. The lowest BCUT2D eigenvalue weighted by Crippen LogP contribution is -2.15. The number of nitrogens with one attached hydrogen (secondary N) is 1. The highest BCUT2D eigenvalue weighted by Gasteiger charge is 2.30. The average molecular weight is 442 g/mol. The van der Waals surface area contributed by atoms with Gasteiger partial charge in [0.1, 0.15) is 5.82 Å². The van der Waals surface area contributed by atoms with Crippen molar-refractivity contribution in [2.24, 2.45) is 0 Å². The van der Waals surface area contributed by atoms with Gasteiger partial charge in [0.2, 0.25) is 5.91 Å². The number of anilines is 1. The average Bonchev–Trinajstić information content (AvgIpc) is 3.28. The summed E-state index contributed by atoms with van der Waals surface area (Å²) in [6.45, 7) is 0. The molecule has 2 heterocycles. The second-order valence-corrected chi connectivity index (χ2v) is 9.53. The Kier molecular flexibility index (Phi) is 6.54. The topological polar surface area (TPSA) is 83.6 Å². The molecule has 0 radical (unpaired) electrons. The number of para-hydroxylation sites is 1. The first-order valence-corrected chi connectivity index (χ1v) is 12.1. The second-order valence-electron chi connectivity index (χ2n) is 6.54. The molecule has 0 unspecified atom stereocenters. The van der Waals surface area contributed by atoms with Gasteiger partial charge in [-0.25, -0.2) is 0 Å². The molecular formula is C20H19N5OS3. The van der Waals surface area contributed by atoms with Crippen molar-refractivity contribution in [1.82, 2.24) is 14.8 Å². The van der Waals surface area contributed by atoms with Crippen LogP contribution in [0.15, 0.2) is 51.8 Å². The van der Waals surface area contributed by atoms with Crippen molar-refractivity contribution in [2.45, 2.75) is 35.4 Å². The van der Waals surface area contributed by atoms with Gasteiger partial charge in [0, 0.05) is 22.2 Å². The summed E-state index contributed by atoms with van der Waals surface area (Å²) in [6.07, 6.45) is 3.05. The van der Waals surface area contributed by atoms with Crippen molar-refractivity contribution in [3.8, 4) is 6.07 Å². The Bertz CT molecular complexity index is 1020. The molecule has 148 valence electrons. The van der Waals surface area contributed by atoms with Gasteiger partial charge < -0.3 is 9.88 Å². The Morgan fingerprint density at radius 3 is 2.86 bits per heavy atom. The number of hydrogen-bond acceptors (Lipinski definition) is 7. The summed E-state index contributed by atoms with van der Waals surface area (Å²) in [5.41, 5.74) is 0.736. The van der Waals surface area contributed by atoms with Crippen LogP contribution in [-0.4, -0.2) is 32.2 Å². The molecule has 1 saturated carbocycles. The summed E-state index contributed by atoms with van der Waals surface area (Å²) in [6, 6.07) is 14.3. The quantitative estimate of drug-likeness (QED) is 0.488. The van der Waals surface area contributed by atoms with Gasteiger partial charge in [-0.1, -0.05) is 30.0 Å². The number of rotatable bonds is 9. The van der Waals surface area contributed by atoms with Crippen LogP contribution < -0.4 is 5.32 Å². The van der Waals surface area contributed by atoms with Crippen LogP contribution in [0.2, 0.25) is 0 Å². The predicted molar refractivity (Wildman–Crippen MR) is 118 cm³/mol. The van der Waals surface area contributed by atoms with E-state index in [1.54, 1.807) is 11.3 Å². The van der Waals surface area contributed by atoms with E-state index in [1.165, 1.54) is 28.4 Å². The summed E-state index contributed by atoms with van der Waals surface area (Å²) in [5, 5.41) is 23.4. The number of thioether (sulfide) groups is 2. The van der Waals surface area contributed by atoms with E-state index in [-0.39, 0.29) is 11.7 Å². The maximum absolute atomic E-state index is 12.5. The third kappa shape index (κ3) is 5.21. The highest BCUT2D eigenvalue weighted by atomic mass is 32.2. The van der Waals surface area contributed by atoms with Crippen LogP contribution in [0.4, 0.5) is 5.69 Å². The van der Waals surface area contributed by atoms with E-state index in [9.17, 15) is 4.79 Å². The molecule has 1 N–H and O–H groups in total. The molecule has 0 spiro atoms. The lowest BCUT2D eigenvalue weighted by Gasteiger charge is -2.10. The van der Waals surface area contributed by atoms with Gasteiger partial charge in [-0.15, -0.1) is 33.3 Å². The van der Waals surface area contributed by atoms with Gasteiger partial charge in [0.05, 0.1) is 23.3 Å². The zero-order chi connectivity index (χ0) is 20.1. The number of benzene rings is 1. The summed E-state index contributed by atoms with van der Waals surface area (Å²) in [7, 11) is 0. The Morgan fingerprint density at radius 2 is 2.10 bits per heavy atom. The highest BCUT2D eigenvalue weighted by molar-refractivity contribution is 8.00. The standard InChI is InChI=1S/C20H19N5OS3/c21-9-11-28-17-6-2-1-5-16(17)22-19(26)13-29-20-24-23-18(25(20)14-7-8-14)12-15-4-3-10-27-15/h1-6,10,14H,7-8,11-13H2,(H,22,26). The fourth-order valence-corrected chi connectivity index (χ4v) is 5.11. The van der Waals surface area contributed by atoms with E-state index < -0.39 is 0 Å². The third-order valence-electron chi connectivity index (χ3n) is 4.35.